The van der Waals surface area contributed by atoms with E-state index in [9.17, 15) is 4.79 Å². The molecule has 0 unspecified atom stereocenters. The minimum atomic E-state index is -0.382. The second-order valence-electron chi connectivity index (χ2n) is 4.48. The van der Waals surface area contributed by atoms with Crippen LogP contribution < -0.4 is 5.32 Å². The predicted molar refractivity (Wildman–Crippen MR) is 73.6 cm³/mol. The van der Waals surface area contributed by atoms with Gasteiger partial charge in [0.15, 0.2) is 0 Å². The number of aromatic nitrogens is 2. The maximum atomic E-state index is 11.5. The third kappa shape index (κ3) is 2.79. The zero-order chi connectivity index (χ0) is 14.7. The van der Waals surface area contributed by atoms with E-state index in [4.69, 9.17) is 4.52 Å². The first-order valence-electron chi connectivity index (χ1n) is 6.24. The number of hydrogen-bond donors (Lipinski definition) is 1. The van der Waals surface area contributed by atoms with Crippen LogP contribution in [-0.4, -0.2) is 23.2 Å². The fourth-order valence-electron chi connectivity index (χ4n) is 1.92. The first-order chi connectivity index (χ1) is 9.52. The number of methoxy groups -OCH3 is 1. The number of carbonyl (C=O) groups is 1. The monoisotopic (exact) mass is 275 g/mol. The van der Waals surface area contributed by atoms with E-state index in [1.165, 1.54) is 7.11 Å². The quantitative estimate of drug-likeness (QED) is 0.863. The van der Waals surface area contributed by atoms with Crippen molar-refractivity contribution in [1.29, 1.82) is 0 Å². The van der Waals surface area contributed by atoms with Crippen molar-refractivity contribution in [2.24, 2.45) is 0 Å². The van der Waals surface area contributed by atoms with Gasteiger partial charge in [-0.25, -0.2) is 9.78 Å². The fraction of sp³-hybridized carbons (Fsp3) is 0.357. The summed E-state index contributed by atoms with van der Waals surface area (Å²) in [6.07, 6.45) is 0. The molecule has 0 aliphatic heterocycles. The topological polar surface area (TPSA) is 77.2 Å². The van der Waals surface area contributed by atoms with Crippen LogP contribution in [0.4, 0.5) is 5.82 Å². The number of aryl methyl sites for hydroxylation is 3. The highest BCUT2D eigenvalue weighted by Gasteiger charge is 2.12. The molecule has 2 aromatic heterocycles. The van der Waals surface area contributed by atoms with Crippen molar-refractivity contribution in [2.45, 2.75) is 27.3 Å². The van der Waals surface area contributed by atoms with Crippen molar-refractivity contribution in [3.63, 3.8) is 0 Å². The predicted octanol–water partition coefficient (Wildman–Crippen LogP) is 2.39. The summed E-state index contributed by atoms with van der Waals surface area (Å²) in [5.41, 5.74) is 2.97. The van der Waals surface area contributed by atoms with Crippen LogP contribution in [0.5, 0.6) is 0 Å². The van der Waals surface area contributed by atoms with E-state index in [1.54, 1.807) is 19.1 Å². The van der Waals surface area contributed by atoms with Gasteiger partial charge in [-0.15, -0.1) is 0 Å². The molecule has 6 heteroatoms. The highest BCUT2D eigenvalue weighted by Crippen LogP contribution is 2.16. The van der Waals surface area contributed by atoms with Crippen LogP contribution in [0, 0.1) is 20.8 Å². The molecule has 0 saturated heterocycles. The molecule has 6 nitrogen and oxygen atoms in total. The largest absolute Gasteiger partial charge is 0.465 e. The van der Waals surface area contributed by atoms with Crippen molar-refractivity contribution in [3.05, 3.63) is 40.4 Å². The van der Waals surface area contributed by atoms with E-state index in [-0.39, 0.29) is 5.97 Å². The van der Waals surface area contributed by atoms with Crippen molar-refractivity contribution in [2.75, 3.05) is 12.4 Å². The number of esters is 1. The Morgan fingerprint density at radius 3 is 2.60 bits per heavy atom. The van der Waals surface area contributed by atoms with Crippen molar-refractivity contribution in [3.8, 4) is 0 Å². The number of nitrogens with zero attached hydrogens (tertiary/aromatic N) is 2. The maximum Gasteiger partial charge on any atom is 0.339 e. The van der Waals surface area contributed by atoms with Gasteiger partial charge in [0.2, 0.25) is 0 Å². The van der Waals surface area contributed by atoms with Gasteiger partial charge < -0.3 is 14.6 Å². The molecule has 0 aromatic carbocycles. The van der Waals surface area contributed by atoms with Gasteiger partial charge in [0.05, 0.1) is 24.1 Å². The first kappa shape index (κ1) is 14.0. The number of nitrogens with one attached hydrogen (secondary N) is 1. The van der Waals surface area contributed by atoms with Gasteiger partial charge in [0, 0.05) is 12.1 Å². The number of hydrogen-bond acceptors (Lipinski definition) is 6. The molecule has 20 heavy (non-hydrogen) atoms. The summed E-state index contributed by atoms with van der Waals surface area (Å²) in [5, 5.41) is 7.09. The molecule has 0 aliphatic carbocycles. The Labute approximate surface area is 117 Å². The second kappa shape index (κ2) is 5.73. The third-order valence-electron chi connectivity index (χ3n) is 3.12. The van der Waals surface area contributed by atoms with Gasteiger partial charge in [-0.1, -0.05) is 5.16 Å². The summed E-state index contributed by atoms with van der Waals surface area (Å²) >= 11 is 0. The average molecular weight is 275 g/mol. The smallest absolute Gasteiger partial charge is 0.339 e. The Morgan fingerprint density at radius 1 is 1.30 bits per heavy atom. The fourth-order valence-corrected chi connectivity index (χ4v) is 1.92. The summed E-state index contributed by atoms with van der Waals surface area (Å²) in [7, 11) is 1.35. The number of rotatable bonds is 4. The highest BCUT2D eigenvalue weighted by molar-refractivity contribution is 5.90. The number of pyridine rings is 1. The van der Waals surface area contributed by atoms with Crippen LogP contribution >= 0.6 is 0 Å². The molecule has 0 radical (unpaired) electrons. The van der Waals surface area contributed by atoms with Gasteiger partial charge in [-0.2, -0.15) is 0 Å². The Bertz CT molecular complexity index is 615. The van der Waals surface area contributed by atoms with Crippen LogP contribution in [0.3, 0.4) is 0 Å². The molecule has 2 rings (SSSR count). The summed E-state index contributed by atoms with van der Waals surface area (Å²) in [6.45, 7) is 6.11. The van der Waals surface area contributed by atoms with Crippen LogP contribution in [0.25, 0.3) is 0 Å². The van der Waals surface area contributed by atoms with Crippen LogP contribution in [0.1, 0.15) is 33.1 Å². The van der Waals surface area contributed by atoms with E-state index < -0.39 is 0 Å². The molecule has 0 fully saturated rings. The molecule has 1 N–H and O–H groups in total. The van der Waals surface area contributed by atoms with Crippen LogP contribution in [-0.2, 0) is 11.3 Å². The summed E-state index contributed by atoms with van der Waals surface area (Å²) in [6, 6.07) is 3.45. The third-order valence-corrected chi connectivity index (χ3v) is 3.12. The molecule has 0 bridgehead atoms. The minimum absolute atomic E-state index is 0.382. The maximum absolute atomic E-state index is 11.5. The molecular weight excluding hydrogens is 258 g/mol. The minimum Gasteiger partial charge on any atom is -0.465 e. The summed E-state index contributed by atoms with van der Waals surface area (Å²) in [5.74, 6) is 1.10. The van der Waals surface area contributed by atoms with Gasteiger partial charge in [0.1, 0.15) is 11.6 Å². The second-order valence-corrected chi connectivity index (χ2v) is 4.48. The SMILES string of the molecule is COC(=O)c1ccc(NCc2c(C)noc2C)nc1C. The van der Waals surface area contributed by atoms with E-state index in [1.807, 2.05) is 13.8 Å². The van der Waals surface area contributed by atoms with E-state index in [0.717, 1.165) is 17.0 Å². The molecule has 0 spiro atoms. The lowest BCUT2D eigenvalue weighted by molar-refractivity contribution is 0.0599. The van der Waals surface area contributed by atoms with Crippen molar-refractivity contribution < 1.29 is 14.1 Å². The average Bonchev–Trinajstić information content (AvgIpc) is 2.75. The summed E-state index contributed by atoms with van der Waals surface area (Å²) in [4.78, 5) is 15.8. The van der Waals surface area contributed by atoms with Crippen molar-refractivity contribution >= 4 is 11.8 Å². The van der Waals surface area contributed by atoms with E-state index in [2.05, 4.69) is 20.2 Å². The zero-order valence-electron chi connectivity index (χ0n) is 12.0. The van der Waals surface area contributed by atoms with Crippen LogP contribution in [0.15, 0.2) is 16.7 Å². The molecule has 0 saturated carbocycles. The number of carbonyl (C=O) groups excluding carboxylic acids is 1. The lowest BCUT2D eigenvalue weighted by atomic mass is 10.2. The Hall–Kier alpha value is -2.37. The molecular formula is C14H17N3O3. The molecule has 0 atom stereocenters. The van der Waals surface area contributed by atoms with E-state index in [0.29, 0.717) is 23.6 Å². The Kier molecular flexibility index (Phi) is 4.02. The zero-order valence-corrected chi connectivity index (χ0v) is 12.0. The number of ether oxygens (including phenoxy) is 1. The standard InChI is InChI=1S/C14H17N3O3/c1-8-11(14(18)19-4)5-6-13(16-8)15-7-12-9(2)17-20-10(12)3/h5-6H,7H2,1-4H3,(H,15,16). The Morgan fingerprint density at radius 2 is 2.05 bits per heavy atom. The molecule has 0 amide bonds. The highest BCUT2D eigenvalue weighted by atomic mass is 16.5. The van der Waals surface area contributed by atoms with Gasteiger partial charge in [-0.05, 0) is 32.9 Å². The van der Waals surface area contributed by atoms with Crippen molar-refractivity contribution in [1.82, 2.24) is 10.1 Å². The first-order valence-corrected chi connectivity index (χ1v) is 6.24. The van der Waals surface area contributed by atoms with Crippen LogP contribution in [0.2, 0.25) is 0 Å². The van der Waals surface area contributed by atoms with Gasteiger partial charge in [0.25, 0.3) is 0 Å². The van der Waals surface area contributed by atoms with E-state index >= 15 is 0 Å². The normalized spacial score (nSPS) is 10.4. The molecule has 2 heterocycles. The summed E-state index contributed by atoms with van der Waals surface area (Å²) < 4.78 is 9.79. The lowest BCUT2D eigenvalue weighted by Gasteiger charge is -2.08. The Balaban J connectivity index is 2.11. The lowest BCUT2D eigenvalue weighted by Crippen LogP contribution is -2.08. The molecule has 106 valence electrons. The van der Waals surface area contributed by atoms with Gasteiger partial charge >= 0.3 is 5.97 Å². The molecule has 0 aliphatic rings. The molecule has 2 aromatic rings. The number of anilines is 1. The van der Waals surface area contributed by atoms with Gasteiger partial charge in [-0.3, -0.25) is 0 Å².